The van der Waals surface area contributed by atoms with Gasteiger partial charge in [-0.05, 0) is 36.8 Å². The summed E-state index contributed by atoms with van der Waals surface area (Å²) in [6.07, 6.45) is 1.79. The van der Waals surface area contributed by atoms with Crippen LogP contribution in [0, 0.1) is 0 Å². The van der Waals surface area contributed by atoms with Crippen LogP contribution in [0.1, 0.15) is 32.0 Å². The van der Waals surface area contributed by atoms with Crippen LogP contribution in [0.25, 0.3) is 0 Å². The van der Waals surface area contributed by atoms with E-state index >= 15 is 0 Å². The molecule has 134 valence electrons. The summed E-state index contributed by atoms with van der Waals surface area (Å²) in [5, 5.41) is 6.72. The smallest absolute Gasteiger partial charge is 0.191 e. The van der Waals surface area contributed by atoms with Gasteiger partial charge in [0, 0.05) is 24.7 Å². The van der Waals surface area contributed by atoms with Gasteiger partial charge in [0.2, 0.25) is 0 Å². The Hall–Kier alpha value is -2.56. The number of nitrogens with zero attached hydrogens (tertiary/aromatic N) is 2. The van der Waals surface area contributed by atoms with Crippen molar-refractivity contribution in [1.29, 1.82) is 0 Å². The van der Waals surface area contributed by atoms with E-state index in [0.717, 1.165) is 30.5 Å². The number of ether oxygens (including phenoxy) is 1. The molecule has 0 bridgehead atoms. The van der Waals surface area contributed by atoms with Gasteiger partial charge in [-0.3, -0.25) is 4.98 Å². The van der Waals surface area contributed by atoms with Crippen molar-refractivity contribution in [3.05, 3.63) is 59.9 Å². The monoisotopic (exact) mass is 340 g/mol. The van der Waals surface area contributed by atoms with Crippen molar-refractivity contribution >= 4 is 5.96 Å². The van der Waals surface area contributed by atoms with Crippen LogP contribution in [0.15, 0.2) is 53.7 Å². The maximum atomic E-state index is 5.34. The van der Waals surface area contributed by atoms with Gasteiger partial charge in [0.25, 0.3) is 0 Å². The topological polar surface area (TPSA) is 58.5 Å². The van der Waals surface area contributed by atoms with Crippen molar-refractivity contribution in [3.8, 4) is 5.75 Å². The fourth-order valence-corrected chi connectivity index (χ4v) is 2.44. The molecule has 0 spiro atoms. The molecule has 0 fully saturated rings. The van der Waals surface area contributed by atoms with Gasteiger partial charge in [-0.25, -0.2) is 4.99 Å². The number of hydrogen-bond donors (Lipinski definition) is 2. The number of pyridine rings is 1. The molecule has 0 amide bonds. The lowest BCUT2D eigenvalue weighted by Crippen LogP contribution is -2.43. The van der Waals surface area contributed by atoms with E-state index in [1.54, 1.807) is 13.3 Å². The first-order valence-corrected chi connectivity index (χ1v) is 8.62. The number of aliphatic imine (C=N–C) groups is 1. The summed E-state index contributed by atoms with van der Waals surface area (Å²) in [5.74, 6) is 1.67. The molecule has 2 rings (SSSR count). The second-order valence-corrected chi connectivity index (χ2v) is 6.49. The molecule has 0 saturated carbocycles. The van der Waals surface area contributed by atoms with Crippen LogP contribution < -0.4 is 15.4 Å². The Balaban J connectivity index is 2.03. The van der Waals surface area contributed by atoms with Crippen LogP contribution in [-0.2, 0) is 12.0 Å². The van der Waals surface area contributed by atoms with E-state index in [1.807, 2.05) is 30.3 Å². The average Bonchev–Trinajstić information content (AvgIpc) is 2.65. The Morgan fingerprint density at radius 2 is 2.00 bits per heavy atom. The lowest BCUT2D eigenvalue weighted by molar-refractivity contribution is 0.411. The Labute approximate surface area is 150 Å². The van der Waals surface area contributed by atoms with Crippen molar-refractivity contribution in [3.63, 3.8) is 0 Å². The Morgan fingerprint density at radius 1 is 1.16 bits per heavy atom. The molecule has 0 aliphatic carbocycles. The number of methoxy groups -OCH3 is 1. The van der Waals surface area contributed by atoms with E-state index in [9.17, 15) is 0 Å². The second kappa shape index (κ2) is 9.06. The predicted molar refractivity (Wildman–Crippen MR) is 103 cm³/mol. The van der Waals surface area contributed by atoms with Gasteiger partial charge in [0.15, 0.2) is 5.96 Å². The van der Waals surface area contributed by atoms with Gasteiger partial charge >= 0.3 is 0 Å². The van der Waals surface area contributed by atoms with Crippen LogP contribution in [0.4, 0.5) is 0 Å². The summed E-state index contributed by atoms with van der Waals surface area (Å²) < 4.78 is 5.34. The SMILES string of the molecule is CCNC(=NCc1ccccn1)NCC(C)(C)c1cccc(OC)c1. The largest absolute Gasteiger partial charge is 0.497 e. The van der Waals surface area contributed by atoms with Crippen molar-refractivity contribution in [2.75, 3.05) is 20.2 Å². The summed E-state index contributed by atoms with van der Waals surface area (Å²) in [4.78, 5) is 8.93. The zero-order valence-corrected chi connectivity index (χ0v) is 15.5. The fourth-order valence-electron chi connectivity index (χ4n) is 2.44. The summed E-state index contributed by atoms with van der Waals surface area (Å²) in [5.41, 5.74) is 2.11. The molecule has 0 saturated heterocycles. The minimum Gasteiger partial charge on any atom is -0.497 e. The lowest BCUT2D eigenvalue weighted by atomic mass is 9.84. The molecule has 2 N–H and O–H groups in total. The molecule has 0 aliphatic rings. The van der Waals surface area contributed by atoms with Gasteiger partial charge in [0.1, 0.15) is 5.75 Å². The molecule has 0 atom stereocenters. The molecule has 2 aromatic rings. The van der Waals surface area contributed by atoms with Crippen molar-refractivity contribution < 1.29 is 4.74 Å². The second-order valence-electron chi connectivity index (χ2n) is 6.49. The van der Waals surface area contributed by atoms with Crippen LogP contribution in [0.2, 0.25) is 0 Å². The van der Waals surface area contributed by atoms with E-state index in [2.05, 4.69) is 53.5 Å². The highest BCUT2D eigenvalue weighted by molar-refractivity contribution is 5.79. The molecule has 0 unspecified atom stereocenters. The molecular formula is C20H28N4O. The maximum Gasteiger partial charge on any atom is 0.191 e. The van der Waals surface area contributed by atoms with Gasteiger partial charge in [0.05, 0.1) is 19.3 Å². The van der Waals surface area contributed by atoms with E-state index < -0.39 is 0 Å². The van der Waals surface area contributed by atoms with Crippen LogP contribution >= 0.6 is 0 Å². The Bertz CT molecular complexity index is 683. The summed E-state index contributed by atoms with van der Waals surface area (Å²) in [7, 11) is 1.69. The molecular weight excluding hydrogens is 312 g/mol. The van der Waals surface area contributed by atoms with Crippen molar-refractivity contribution in [1.82, 2.24) is 15.6 Å². The van der Waals surface area contributed by atoms with Crippen LogP contribution in [0.3, 0.4) is 0 Å². The molecule has 5 nitrogen and oxygen atoms in total. The van der Waals surface area contributed by atoms with Gasteiger partial charge in [-0.2, -0.15) is 0 Å². The van der Waals surface area contributed by atoms with E-state index in [0.29, 0.717) is 6.54 Å². The highest BCUT2D eigenvalue weighted by Crippen LogP contribution is 2.25. The zero-order valence-electron chi connectivity index (χ0n) is 15.5. The fraction of sp³-hybridized carbons (Fsp3) is 0.400. The van der Waals surface area contributed by atoms with Crippen LogP contribution in [0.5, 0.6) is 5.75 Å². The third kappa shape index (κ3) is 5.78. The molecule has 25 heavy (non-hydrogen) atoms. The minimum atomic E-state index is -0.0598. The average molecular weight is 340 g/mol. The zero-order chi connectivity index (χ0) is 18.1. The number of nitrogens with one attached hydrogen (secondary N) is 2. The number of guanidine groups is 1. The number of aromatic nitrogens is 1. The summed E-state index contributed by atoms with van der Waals surface area (Å²) in [6, 6.07) is 14.1. The molecule has 1 heterocycles. The molecule has 1 aromatic carbocycles. The third-order valence-corrected chi connectivity index (χ3v) is 4.02. The molecule has 0 radical (unpaired) electrons. The predicted octanol–water partition coefficient (Wildman–Crippen LogP) is 3.12. The molecule has 0 aliphatic heterocycles. The van der Waals surface area contributed by atoms with Gasteiger partial charge in [-0.15, -0.1) is 0 Å². The highest BCUT2D eigenvalue weighted by atomic mass is 16.5. The number of hydrogen-bond acceptors (Lipinski definition) is 3. The van der Waals surface area contributed by atoms with E-state index in [-0.39, 0.29) is 5.41 Å². The van der Waals surface area contributed by atoms with E-state index in [1.165, 1.54) is 5.56 Å². The van der Waals surface area contributed by atoms with Gasteiger partial charge < -0.3 is 15.4 Å². The summed E-state index contributed by atoms with van der Waals surface area (Å²) >= 11 is 0. The first kappa shape index (κ1) is 18.8. The lowest BCUT2D eigenvalue weighted by Gasteiger charge is -2.27. The third-order valence-electron chi connectivity index (χ3n) is 4.02. The van der Waals surface area contributed by atoms with E-state index in [4.69, 9.17) is 4.74 Å². The first-order valence-electron chi connectivity index (χ1n) is 8.62. The summed E-state index contributed by atoms with van der Waals surface area (Å²) in [6.45, 7) is 8.59. The molecule has 1 aromatic heterocycles. The van der Waals surface area contributed by atoms with Crippen molar-refractivity contribution in [2.45, 2.75) is 32.7 Å². The minimum absolute atomic E-state index is 0.0598. The molecule has 5 heteroatoms. The van der Waals surface area contributed by atoms with Crippen LogP contribution in [-0.4, -0.2) is 31.1 Å². The quantitative estimate of drug-likeness (QED) is 0.601. The number of rotatable bonds is 7. The highest BCUT2D eigenvalue weighted by Gasteiger charge is 2.21. The van der Waals surface area contributed by atoms with Crippen molar-refractivity contribution in [2.24, 2.45) is 4.99 Å². The first-order chi connectivity index (χ1) is 12.0. The Kier molecular flexibility index (Phi) is 6.81. The standard InChI is InChI=1S/C20H28N4O/c1-5-21-19(23-14-17-10-6-7-12-22-17)24-15-20(2,3)16-9-8-11-18(13-16)25-4/h6-13H,5,14-15H2,1-4H3,(H2,21,23,24). The number of benzene rings is 1. The maximum absolute atomic E-state index is 5.34. The Morgan fingerprint density at radius 3 is 2.68 bits per heavy atom. The normalized spacial score (nSPS) is 11.9. The van der Waals surface area contributed by atoms with Gasteiger partial charge in [-0.1, -0.05) is 32.0 Å².